The van der Waals surface area contributed by atoms with Crippen molar-refractivity contribution >= 4 is 17.3 Å². The molecule has 0 bridgehead atoms. The van der Waals surface area contributed by atoms with E-state index in [4.69, 9.17) is 4.74 Å². The number of benzene rings is 1. The van der Waals surface area contributed by atoms with Crippen LogP contribution in [-0.2, 0) is 23.2 Å². The van der Waals surface area contributed by atoms with Gasteiger partial charge in [-0.05, 0) is 36.1 Å². The zero-order chi connectivity index (χ0) is 15.6. The van der Waals surface area contributed by atoms with Crippen molar-refractivity contribution in [3.8, 4) is 0 Å². The number of methoxy groups -OCH3 is 1. The molecule has 116 valence electrons. The van der Waals surface area contributed by atoms with E-state index in [-0.39, 0.29) is 18.1 Å². The number of carbonyl (C=O) groups excluding carboxylic acids is 1. The van der Waals surface area contributed by atoms with E-state index in [9.17, 15) is 9.90 Å². The Morgan fingerprint density at radius 1 is 1.36 bits per heavy atom. The number of ether oxygens (including phenoxy) is 1. The molecular weight excluding hydrogens is 298 g/mol. The zero-order valence-corrected chi connectivity index (χ0v) is 13.3. The molecule has 5 heteroatoms. The fourth-order valence-electron chi connectivity index (χ4n) is 3.03. The summed E-state index contributed by atoms with van der Waals surface area (Å²) in [5.74, 6) is -0.306. The summed E-state index contributed by atoms with van der Waals surface area (Å²) in [7, 11) is 1.39. The Bertz CT molecular complexity index is 682. The second-order valence-electron chi connectivity index (χ2n) is 5.51. The maximum atomic E-state index is 11.5. The molecule has 0 amide bonds. The summed E-state index contributed by atoms with van der Waals surface area (Å²) in [6.07, 6.45) is 1.86. The van der Waals surface area contributed by atoms with Gasteiger partial charge in [0.15, 0.2) is 0 Å². The molecular formula is C17H19NO3S. The average Bonchev–Trinajstić information content (AvgIpc) is 3.18. The van der Waals surface area contributed by atoms with E-state index in [0.29, 0.717) is 11.4 Å². The number of aryl methyl sites for hydroxylation is 1. The molecule has 0 saturated heterocycles. The van der Waals surface area contributed by atoms with Crippen molar-refractivity contribution in [2.75, 3.05) is 13.7 Å². The minimum atomic E-state index is -0.383. The van der Waals surface area contributed by atoms with E-state index < -0.39 is 0 Å². The molecule has 22 heavy (non-hydrogen) atoms. The monoisotopic (exact) mass is 317 g/mol. The summed E-state index contributed by atoms with van der Waals surface area (Å²) in [6.45, 7) is 0.690. The average molecular weight is 317 g/mol. The third-order valence-electron chi connectivity index (χ3n) is 4.27. The molecule has 1 aromatic carbocycles. The standard InChI is InChI=1S/C17H19NO3S/c1-21-16(20)15-7-6-13(22-15)10-18-17(11-19)9-8-12-4-2-3-5-14(12)17/h2-7,18-19H,8-11H2,1H3. The molecule has 0 radical (unpaired) electrons. The second-order valence-corrected chi connectivity index (χ2v) is 6.68. The van der Waals surface area contributed by atoms with E-state index in [1.807, 2.05) is 18.2 Å². The highest BCUT2D eigenvalue weighted by atomic mass is 32.1. The van der Waals surface area contributed by atoms with Crippen LogP contribution >= 0.6 is 11.3 Å². The van der Waals surface area contributed by atoms with Crippen LogP contribution in [0.5, 0.6) is 0 Å². The maximum absolute atomic E-state index is 11.5. The normalized spacial score (nSPS) is 19.9. The molecule has 3 rings (SSSR count). The SMILES string of the molecule is COC(=O)c1ccc(CNC2(CO)CCc3ccccc32)s1. The molecule has 1 aliphatic rings. The number of rotatable bonds is 5. The van der Waals surface area contributed by atoms with E-state index in [1.165, 1.54) is 29.6 Å². The number of thiophene rings is 1. The topological polar surface area (TPSA) is 58.6 Å². The molecule has 1 atom stereocenters. The number of aliphatic hydroxyl groups excluding tert-OH is 1. The van der Waals surface area contributed by atoms with Crippen LogP contribution in [0.2, 0.25) is 0 Å². The highest BCUT2D eigenvalue weighted by Gasteiger charge is 2.37. The number of hydrogen-bond donors (Lipinski definition) is 2. The Kier molecular flexibility index (Phi) is 4.29. The molecule has 4 nitrogen and oxygen atoms in total. The van der Waals surface area contributed by atoms with Crippen LogP contribution in [0.15, 0.2) is 36.4 Å². The molecule has 2 aromatic rings. The molecule has 0 saturated carbocycles. The van der Waals surface area contributed by atoms with Crippen molar-refractivity contribution in [1.82, 2.24) is 5.32 Å². The molecule has 1 aliphatic carbocycles. The Hall–Kier alpha value is -1.69. The van der Waals surface area contributed by atoms with Crippen LogP contribution in [0.4, 0.5) is 0 Å². The van der Waals surface area contributed by atoms with Crippen LogP contribution < -0.4 is 5.32 Å². The molecule has 1 heterocycles. The van der Waals surface area contributed by atoms with Gasteiger partial charge in [0.05, 0.1) is 19.3 Å². The Morgan fingerprint density at radius 2 is 2.18 bits per heavy atom. The number of nitrogens with one attached hydrogen (secondary N) is 1. The van der Waals surface area contributed by atoms with E-state index >= 15 is 0 Å². The van der Waals surface area contributed by atoms with Crippen LogP contribution in [0.25, 0.3) is 0 Å². The molecule has 0 spiro atoms. The lowest BCUT2D eigenvalue weighted by molar-refractivity contribution is 0.0606. The van der Waals surface area contributed by atoms with Gasteiger partial charge in [-0.25, -0.2) is 4.79 Å². The highest BCUT2D eigenvalue weighted by Crippen LogP contribution is 2.37. The maximum Gasteiger partial charge on any atom is 0.348 e. The first-order valence-corrected chi connectivity index (χ1v) is 8.11. The van der Waals surface area contributed by atoms with Gasteiger partial charge < -0.3 is 15.2 Å². The third-order valence-corrected chi connectivity index (χ3v) is 5.34. The Morgan fingerprint density at radius 3 is 2.95 bits per heavy atom. The quantitative estimate of drug-likeness (QED) is 0.832. The van der Waals surface area contributed by atoms with Gasteiger partial charge in [-0.15, -0.1) is 11.3 Å². The van der Waals surface area contributed by atoms with Gasteiger partial charge in [-0.2, -0.15) is 0 Å². The molecule has 0 fully saturated rings. The molecule has 1 aromatic heterocycles. The fourth-order valence-corrected chi connectivity index (χ4v) is 3.90. The first-order valence-electron chi connectivity index (χ1n) is 7.30. The summed E-state index contributed by atoms with van der Waals surface area (Å²) in [5, 5.41) is 13.4. The zero-order valence-electron chi connectivity index (χ0n) is 12.5. The molecule has 1 unspecified atom stereocenters. The first-order chi connectivity index (χ1) is 10.7. The van der Waals surface area contributed by atoms with Crippen molar-refractivity contribution < 1.29 is 14.6 Å². The van der Waals surface area contributed by atoms with E-state index in [1.54, 1.807) is 6.07 Å². The molecule has 2 N–H and O–H groups in total. The van der Waals surface area contributed by atoms with Crippen LogP contribution in [0.3, 0.4) is 0 Å². The van der Waals surface area contributed by atoms with Crippen molar-refractivity contribution in [3.05, 3.63) is 57.3 Å². The lowest BCUT2D eigenvalue weighted by Gasteiger charge is -2.29. The summed E-state index contributed by atoms with van der Waals surface area (Å²) in [4.78, 5) is 13.2. The number of fused-ring (bicyclic) bond motifs is 1. The fraction of sp³-hybridized carbons (Fsp3) is 0.353. The largest absolute Gasteiger partial charge is 0.465 e. The van der Waals surface area contributed by atoms with Gasteiger partial charge >= 0.3 is 5.97 Å². The van der Waals surface area contributed by atoms with Crippen LogP contribution in [0.1, 0.15) is 32.1 Å². The van der Waals surface area contributed by atoms with Crippen molar-refractivity contribution in [2.45, 2.75) is 24.9 Å². The Labute approximate surface area is 133 Å². The van der Waals surface area contributed by atoms with Gasteiger partial charge in [0.2, 0.25) is 0 Å². The summed E-state index contributed by atoms with van der Waals surface area (Å²) < 4.78 is 4.73. The lowest BCUT2D eigenvalue weighted by atomic mass is 9.92. The summed E-state index contributed by atoms with van der Waals surface area (Å²) >= 11 is 1.42. The first kappa shape index (κ1) is 15.2. The van der Waals surface area contributed by atoms with Gasteiger partial charge in [0, 0.05) is 11.4 Å². The van der Waals surface area contributed by atoms with Gasteiger partial charge in [0.25, 0.3) is 0 Å². The third kappa shape index (κ3) is 2.67. The number of aliphatic hydroxyl groups is 1. The smallest absolute Gasteiger partial charge is 0.348 e. The van der Waals surface area contributed by atoms with Crippen molar-refractivity contribution in [3.63, 3.8) is 0 Å². The van der Waals surface area contributed by atoms with Crippen LogP contribution in [0, 0.1) is 0 Å². The Balaban J connectivity index is 1.75. The minimum absolute atomic E-state index is 0.0687. The van der Waals surface area contributed by atoms with E-state index in [2.05, 4.69) is 17.4 Å². The van der Waals surface area contributed by atoms with Gasteiger partial charge in [-0.1, -0.05) is 24.3 Å². The van der Waals surface area contributed by atoms with Gasteiger partial charge in [-0.3, -0.25) is 0 Å². The second kappa shape index (κ2) is 6.20. The van der Waals surface area contributed by atoms with Crippen LogP contribution in [-0.4, -0.2) is 24.8 Å². The van der Waals surface area contributed by atoms with Gasteiger partial charge in [0.1, 0.15) is 4.88 Å². The van der Waals surface area contributed by atoms with Crippen molar-refractivity contribution in [1.29, 1.82) is 0 Å². The lowest BCUT2D eigenvalue weighted by Crippen LogP contribution is -2.43. The highest BCUT2D eigenvalue weighted by molar-refractivity contribution is 7.13. The van der Waals surface area contributed by atoms with Crippen molar-refractivity contribution in [2.24, 2.45) is 0 Å². The predicted octanol–water partition coefficient (Wildman–Crippen LogP) is 2.46. The number of esters is 1. The summed E-state index contributed by atoms with van der Waals surface area (Å²) in [5.41, 5.74) is 2.10. The van der Waals surface area contributed by atoms with E-state index in [0.717, 1.165) is 17.7 Å². The predicted molar refractivity (Wildman–Crippen MR) is 86.0 cm³/mol. The summed E-state index contributed by atoms with van der Waals surface area (Å²) in [6, 6.07) is 12.0. The minimum Gasteiger partial charge on any atom is -0.465 e. The number of carbonyl (C=O) groups is 1. The molecule has 0 aliphatic heterocycles. The number of hydrogen-bond acceptors (Lipinski definition) is 5.